The van der Waals surface area contributed by atoms with Crippen LogP contribution in [0.2, 0.25) is 0 Å². The fraction of sp³-hybridized carbons (Fsp3) is 1.00. The standard InChI is InChI=1S/C9H18N2S/c1-8-6-11(4-5-12-8)9(7-10)2-3-9/h8H,2-7,10H2,1H3. The normalized spacial score (nSPS) is 35.0. The van der Waals surface area contributed by atoms with Gasteiger partial charge in [-0.25, -0.2) is 0 Å². The predicted molar refractivity (Wildman–Crippen MR) is 54.5 cm³/mol. The fourth-order valence-electron chi connectivity index (χ4n) is 2.04. The van der Waals surface area contributed by atoms with Crippen LogP contribution in [0.3, 0.4) is 0 Å². The Kier molecular flexibility index (Phi) is 2.36. The number of thioether (sulfide) groups is 1. The first-order valence-corrected chi connectivity index (χ1v) is 5.88. The fourth-order valence-corrected chi connectivity index (χ4v) is 3.06. The third kappa shape index (κ3) is 1.50. The lowest BCUT2D eigenvalue weighted by molar-refractivity contribution is 0.190. The molecule has 1 atom stereocenters. The van der Waals surface area contributed by atoms with Gasteiger partial charge in [-0.05, 0) is 12.8 Å². The maximum Gasteiger partial charge on any atom is 0.0333 e. The van der Waals surface area contributed by atoms with Crippen molar-refractivity contribution in [3.63, 3.8) is 0 Å². The van der Waals surface area contributed by atoms with Gasteiger partial charge in [0.25, 0.3) is 0 Å². The first-order chi connectivity index (χ1) is 5.77. The molecular weight excluding hydrogens is 168 g/mol. The zero-order chi connectivity index (χ0) is 8.60. The van der Waals surface area contributed by atoms with E-state index >= 15 is 0 Å². The van der Waals surface area contributed by atoms with E-state index in [9.17, 15) is 0 Å². The third-order valence-electron chi connectivity index (χ3n) is 3.12. The average Bonchev–Trinajstić information content (AvgIpc) is 2.84. The van der Waals surface area contributed by atoms with Crippen molar-refractivity contribution < 1.29 is 0 Å². The predicted octanol–water partition coefficient (Wildman–Crippen LogP) is 0.915. The number of hydrogen-bond acceptors (Lipinski definition) is 3. The first-order valence-electron chi connectivity index (χ1n) is 4.83. The highest BCUT2D eigenvalue weighted by atomic mass is 32.2. The molecule has 0 amide bonds. The summed E-state index contributed by atoms with van der Waals surface area (Å²) >= 11 is 2.09. The van der Waals surface area contributed by atoms with E-state index in [2.05, 4.69) is 23.6 Å². The molecule has 1 aliphatic heterocycles. The molecule has 1 unspecified atom stereocenters. The summed E-state index contributed by atoms with van der Waals surface area (Å²) < 4.78 is 0. The summed E-state index contributed by atoms with van der Waals surface area (Å²) in [6.07, 6.45) is 2.67. The van der Waals surface area contributed by atoms with E-state index in [1.807, 2.05) is 0 Å². The summed E-state index contributed by atoms with van der Waals surface area (Å²) in [7, 11) is 0. The minimum absolute atomic E-state index is 0.440. The van der Waals surface area contributed by atoms with Gasteiger partial charge in [-0.3, -0.25) is 4.90 Å². The van der Waals surface area contributed by atoms with Gasteiger partial charge < -0.3 is 5.73 Å². The Morgan fingerprint density at radius 2 is 2.33 bits per heavy atom. The van der Waals surface area contributed by atoms with Crippen molar-refractivity contribution in [2.24, 2.45) is 5.73 Å². The highest BCUT2D eigenvalue weighted by Gasteiger charge is 2.47. The average molecular weight is 186 g/mol. The Bertz CT molecular complexity index is 168. The van der Waals surface area contributed by atoms with E-state index in [0.717, 1.165) is 11.8 Å². The summed E-state index contributed by atoms with van der Waals surface area (Å²) in [5, 5.41) is 0.808. The summed E-state index contributed by atoms with van der Waals surface area (Å²) in [5.74, 6) is 1.29. The minimum atomic E-state index is 0.440. The molecule has 2 aliphatic rings. The number of rotatable bonds is 2. The molecule has 2 nitrogen and oxygen atoms in total. The van der Waals surface area contributed by atoms with Crippen molar-refractivity contribution in [2.45, 2.75) is 30.6 Å². The Labute approximate surface area is 78.9 Å². The Balaban J connectivity index is 1.94. The quantitative estimate of drug-likeness (QED) is 0.695. The van der Waals surface area contributed by atoms with Gasteiger partial charge >= 0.3 is 0 Å². The molecule has 2 fully saturated rings. The molecule has 1 saturated carbocycles. The molecule has 1 saturated heterocycles. The van der Waals surface area contributed by atoms with E-state index in [0.29, 0.717) is 5.54 Å². The molecule has 0 spiro atoms. The van der Waals surface area contributed by atoms with E-state index in [1.165, 1.54) is 31.7 Å². The Morgan fingerprint density at radius 1 is 1.58 bits per heavy atom. The van der Waals surface area contributed by atoms with Crippen molar-refractivity contribution in [1.82, 2.24) is 4.90 Å². The van der Waals surface area contributed by atoms with Gasteiger partial charge in [0.2, 0.25) is 0 Å². The van der Waals surface area contributed by atoms with Crippen LogP contribution < -0.4 is 5.73 Å². The van der Waals surface area contributed by atoms with Gasteiger partial charge in [0, 0.05) is 36.2 Å². The molecule has 0 aromatic rings. The molecule has 12 heavy (non-hydrogen) atoms. The van der Waals surface area contributed by atoms with Gasteiger partial charge in [0.15, 0.2) is 0 Å². The summed E-state index contributed by atoms with van der Waals surface area (Å²) in [6, 6.07) is 0. The van der Waals surface area contributed by atoms with Crippen LogP contribution in [0.4, 0.5) is 0 Å². The van der Waals surface area contributed by atoms with Gasteiger partial charge in [-0.1, -0.05) is 6.92 Å². The Hall–Kier alpha value is 0.270. The molecule has 2 rings (SSSR count). The van der Waals surface area contributed by atoms with E-state index in [1.54, 1.807) is 0 Å². The van der Waals surface area contributed by atoms with Crippen molar-refractivity contribution >= 4 is 11.8 Å². The summed E-state index contributed by atoms with van der Waals surface area (Å²) in [6.45, 7) is 5.70. The highest BCUT2D eigenvalue weighted by molar-refractivity contribution is 7.99. The van der Waals surface area contributed by atoms with Crippen molar-refractivity contribution in [1.29, 1.82) is 0 Å². The van der Waals surface area contributed by atoms with Crippen LogP contribution in [0, 0.1) is 0 Å². The third-order valence-corrected chi connectivity index (χ3v) is 4.26. The molecule has 1 heterocycles. The number of nitrogens with zero attached hydrogens (tertiary/aromatic N) is 1. The smallest absolute Gasteiger partial charge is 0.0333 e. The Morgan fingerprint density at radius 3 is 2.83 bits per heavy atom. The molecule has 70 valence electrons. The second kappa shape index (κ2) is 3.20. The molecule has 0 aromatic carbocycles. The van der Waals surface area contributed by atoms with Crippen molar-refractivity contribution in [3.8, 4) is 0 Å². The minimum Gasteiger partial charge on any atom is -0.329 e. The second-order valence-electron chi connectivity index (χ2n) is 4.06. The van der Waals surface area contributed by atoms with Gasteiger partial charge in [-0.2, -0.15) is 11.8 Å². The maximum absolute atomic E-state index is 5.80. The zero-order valence-electron chi connectivity index (χ0n) is 7.75. The van der Waals surface area contributed by atoms with Crippen LogP contribution in [0.25, 0.3) is 0 Å². The molecule has 2 N–H and O–H groups in total. The van der Waals surface area contributed by atoms with Gasteiger partial charge in [0.1, 0.15) is 0 Å². The monoisotopic (exact) mass is 186 g/mol. The lowest BCUT2D eigenvalue weighted by Gasteiger charge is -2.36. The van der Waals surface area contributed by atoms with Crippen molar-refractivity contribution in [2.75, 3.05) is 25.4 Å². The van der Waals surface area contributed by atoms with Crippen LogP contribution >= 0.6 is 11.8 Å². The highest BCUT2D eigenvalue weighted by Crippen LogP contribution is 2.42. The van der Waals surface area contributed by atoms with E-state index < -0.39 is 0 Å². The number of hydrogen-bond donors (Lipinski definition) is 1. The van der Waals surface area contributed by atoms with Crippen LogP contribution in [0.5, 0.6) is 0 Å². The van der Waals surface area contributed by atoms with Crippen LogP contribution in [-0.2, 0) is 0 Å². The SMILES string of the molecule is CC1CN(C2(CN)CC2)CCS1. The largest absolute Gasteiger partial charge is 0.329 e. The molecule has 3 heteroatoms. The molecule has 0 aromatic heterocycles. The van der Waals surface area contributed by atoms with Gasteiger partial charge in [0.05, 0.1) is 0 Å². The van der Waals surface area contributed by atoms with Gasteiger partial charge in [-0.15, -0.1) is 0 Å². The molecule has 0 radical (unpaired) electrons. The van der Waals surface area contributed by atoms with E-state index in [4.69, 9.17) is 5.73 Å². The van der Waals surface area contributed by atoms with Crippen LogP contribution in [0.1, 0.15) is 19.8 Å². The maximum atomic E-state index is 5.80. The van der Waals surface area contributed by atoms with Crippen LogP contribution in [0.15, 0.2) is 0 Å². The lowest BCUT2D eigenvalue weighted by atomic mass is 10.2. The topological polar surface area (TPSA) is 29.3 Å². The van der Waals surface area contributed by atoms with E-state index in [-0.39, 0.29) is 0 Å². The summed E-state index contributed by atoms with van der Waals surface area (Å²) in [5.41, 5.74) is 6.24. The summed E-state index contributed by atoms with van der Waals surface area (Å²) in [4.78, 5) is 2.62. The zero-order valence-corrected chi connectivity index (χ0v) is 8.57. The number of nitrogens with two attached hydrogens (primary N) is 1. The molecule has 1 aliphatic carbocycles. The van der Waals surface area contributed by atoms with Crippen molar-refractivity contribution in [3.05, 3.63) is 0 Å². The van der Waals surface area contributed by atoms with Crippen LogP contribution in [-0.4, -0.2) is 41.1 Å². The molecule has 0 bridgehead atoms. The first kappa shape index (κ1) is 8.85. The molecular formula is C9H18N2S. The lowest BCUT2D eigenvalue weighted by Crippen LogP contribution is -2.48. The second-order valence-corrected chi connectivity index (χ2v) is 5.60.